The zero-order chi connectivity index (χ0) is 20.9. The van der Waals surface area contributed by atoms with Gasteiger partial charge in [-0.05, 0) is 43.4 Å². The Morgan fingerprint density at radius 2 is 2.14 bits per heavy atom. The maximum absolute atomic E-state index is 12.6. The van der Waals surface area contributed by atoms with Crippen molar-refractivity contribution in [1.29, 1.82) is 0 Å². The number of rotatable bonds is 8. The predicted octanol–water partition coefficient (Wildman–Crippen LogP) is 3.38. The minimum absolute atomic E-state index is 0.0399. The van der Waals surface area contributed by atoms with Crippen LogP contribution in [0.4, 0.5) is 0 Å². The Labute approximate surface area is 174 Å². The standard InChI is InChI=1S/C23H36N2O4/c1-3-4-7-13-24-21(27)16-25-14-12-23(28)11-6-5-8-18(23)22(25)17-9-10-19(26)20(15-17)29-2/h9-10,15,18,22,26,28H,3-8,11-14,16H2,1-2H3,(H,24,27)/t18-,22+,23+/m1/s1. The van der Waals surface area contributed by atoms with E-state index in [1.54, 1.807) is 6.07 Å². The van der Waals surface area contributed by atoms with Crippen LogP contribution in [0.5, 0.6) is 11.5 Å². The lowest BCUT2D eigenvalue weighted by Gasteiger charge is -2.52. The van der Waals surface area contributed by atoms with Gasteiger partial charge in [-0.25, -0.2) is 0 Å². The number of carbonyl (C=O) groups excluding carboxylic acids is 1. The number of hydrogen-bond acceptors (Lipinski definition) is 5. The molecule has 6 heteroatoms. The number of ether oxygens (including phenoxy) is 1. The normalized spacial score (nSPS) is 27.3. The summed E-state index contributed by atoms with van der Waals surface area (Å²) in [5, 5.41) is 24.4. The summed E-state index contributed by atoms with van der Waals surface area (Å²) < 4.78 is 5.32. The molecule has 0 radical (unpaired) electrons. The van der Waals surface area contributed by atoms with Crippen LogP contribution in [-0.4, -0.2) is 53.4 Å². The van der Waals surface area contributed by atoms with Crippen molar-refractivity contribution in [1.82, 2.24) is 10.2 Å². The number of phenols is 1. The van der Waals surface area contributed by atoms with E-state index >= 15 is 0 Å². The van der Waals surface area contributed by atoms with Crippen molar-refractivity contribution in [2.24, 2.45) is 5.92 Å². The number of fused-ring (bicyclic) bond motifs is 1. The van der Waals surface area contributed by atoms with Crippen LogP contribution in [0.3, 0.4) is 0 Å². The summed E-state index contributed by atoms with van der Waals surface area (Å²) in [4.78, 5) is 14.8. The number of likely N-dealkylation sites (tertiary alicyclic amines) is 1. The molecule has 0 unspecified atom stereocenters. The lowest BCUT2D eigenvalue weighted by Crippen LogP contribution is -2.56. The summed E-state index contributed by atoms with van der Waals surface area (Å²) >= 11 is 0. The average molecular weight is 405 g/mol. The second kappa shape index (κ2) is 9.81. The Hall–Kier alpha value is -1.79. The zero-order valence-electron chi connectivity index (χ0n) is 17.8. The maximum atomic E-state index is 12.6. The zero-order valence-corrected chi connectivity index (χ0v) is 17.8. The molecule has 1 aliphatic heterocycles. The van der Waals surface area contributed by atoms with E-state index in [-0.39, 0.29) is 23.6 Å². The minimum atomic E-state index is -0.678. The fourth-order valence-electron chi connectivity index (χ4n) is 5.08. The summed E-state index contributed by atoms with van der Waals surface area (Å²) in [5.41, 5.74) is 0.311. The molecule has 3 N–H and O–H groups in total. The van der Waals surface area contributed by atoms with E-state index in [1.165, 1.54) is 7.11 Å². The first-order chi connectivity index (χ1) is 14.0. The number of phenolic OH excluding ortho intramolecular Hbond substituents is 1. The van der Waals surface area contributed by atoms with Gasteiger partial charge in [-0.3, -0.25) is 9.69 Å². The lowest BCUT2D eigenvalue weighted by molar-refractivity contribution is -0.137. The molecule has 1 amide bonds. The molecule has 0 spiro atoms. The molecular formula is C23H36N2O4. The molecule has 6 nitrogen and oxygen atoms in total. The summed E-state index contributed by atoms with van der Waals surface area (Å²) in [5.74, 6) is 0.646. The Kier molecular flexibility index (Phi) is 7.41. The number of carbonyl (C=O) groups is 1. The number of amides is 1. The highest BCUT2D eigenvalue weighted by atomic mass is 16.5. The van der Waals surface area contributed by atoms with E-state index in [1.807, 2.05) is 12.1 Å². The van der Waals surface area contributed by atoms with E-state index in [2.05, 4.69) is 17.1 Å². The molecule has 162 valence electrons. The molecule has 2 aliphatic rings. The van der Waals surface area contributed by atoms with Gasteiger partial charge in [-0.15, -0.1) is 0 Å². The number of hydrogen-bond donors (Lipinski definition) is 3. The number of aliphatic hydroxyl groups is 1. The van der Waals surface area contributed by atoms with Gasteiger partial charge < -0.3 is 20.3 Å². The van der Waals surface area contributed by atoms with Gasteiger partial charge in [0, 0.05) is 25.0 Å². The highest BCUT2D eigenvalue weighted by Crippen LogP contribution is 2.49. The maximum Gasteiger partial charge on any atom is 0.234 e. The fourth-order valence-corrected chi connectivity index (χ4v) is 5.08. The third kappa shape index (κ3) is 5.04. The van der Waals surface area contributed by atoms with Crippen molar-refractivity contribution in [3.05, 3.63) is 23.8 Å². The second-order valence-corrected chi connectivity index (χ2v) is 8.61. The van der Waals surface area contributed by atoms with Crippen LogP contribution < -0.4 is 10.1 Å². The number of benzene rings is 1. The molecule has 1 aromatic rings. The van der Waals surface area contributed by atoms with Gasteiger partial charge in [-0.1, -0.05) is 38.7 Å². The Morgan fingerprint density at radius 1 is 1.31 bits per heavy atom. The molecular weight excluding hydrogens is 368 g/mol. The van der Waals surface area contributed by atoms with Gasteiger partial charge in [0.05, 0.1) is 19.3 Å². The Balaban J connectivity index is 1.81. The third-order valence-corrected chi connectivity index (χ3v) is 6.67. The summed E-state index contributed by atoms with van der Waals surface area (Å²) in [6.45, 7) is 3.87. The van der Waals surface area contributed by atoms with Crippen LogP contribution in [0.15, 0.2) is 18.2 Å². The summed E-state index contributed by atoms with van der Waals surface area (Å²) in [7, 11) is 1.54. The molecule has 1 aromatic carbocycles. The highest BCUT2D eigenvalue weighted by Gasteiger charge is 2.49. The predicted molar refractivity (Wildman–Crippen MR) is 113 cm³/mol. The van der Waals surface area contributed by atoms with Crippen LogP contribution in [0, 0.1) is 5.92 Å². The molecule has 1 saturated carbocycles. The van der Waals surface area contributed by atoms with E-state index in [9.17, 15) is 15.0 Å². The number of unbranched alkanes of at least 4 members (excludes halogenated alkanes) is 2. The largest absolute Gasteiger partial charge is 0.504 e. The van der Waals surface area contributed by atoms with E-state index < -0.39 is 5.60 Å². The van der Waals surface area contributed by atoms with Gasteiger partial charge >= 0.3 is 0 Å². The molecule has 0 bridgehead atoms. The monoisotopic (exact) mass is 404 g/mol. The second-order valence-electron chi connectivity index (χ2n) is 8.61. The average Bonchev–Trinajstić information content (AvgIpc) is 2.72. The van der Waals surface area contributed by atoms with Crippen molar-refractivity contribution in [3.63, 3.8) is 0 Å². The van der Waals surface area contributed by atoms with Gasteiger partial charge in [0.25, 0.3) is 0 Å². The van der Waals surface area contributed by atoms with E-state index in [0.717, 1.165) is 50.5 Å². The van der Waals surface area contributed by atoms with Crippen LogP contribution >= 0.6 is 0 Å². The van der Waals surface area contributed by atoms with Crippen LogP contribution in [-0.2, 0) is 4.79 Å². The van der Waals surface area contributed by atoms with Crippen molar-refractivity contribution in [2.75, 3.05) is 26.7 Å². The van der Waals surface area contributed by atoms with Crippen molar-refractivity contribution in [2.45, 2.75) is 69.9 Å². The molecule has 29 heavy (non-hydrogen) atoms. The molecule has 0 aromatic heterocycles. The van der Waals surface area contributed by atoms with Gasteiger partial charge in [0.2, 0.25) is 5.91 Å². The Morgan fingerprint density at radius 3 is 2.90 bits per heavy atom. The van der Waals surface area contributed by atoms with Crippen LogP contribution in [0.25, 0.3) is 0 Å². The first-order valence-electron chi connectivity index (χ1n) is 11.1. The van der Waals surface area contributed by atoms with Crippen molar-refractivity contribution >= 4 is 5.91 Å². The highest BCUT2D eigenvalue weighted by molar-refractivity contribution is 5.78. The molecule has 1 saturated heterocycles. The topological polar surface area (TPSA) is 82.0 Å². The van der Waals surface area contributed by atoms with Gasteiger partial charge in [0.1, 0.15) is 0 Å². The van der Waals surface area contributed by atoms with Crippen molar-refractivity contribution < 1.29 is 19.7 Å². The summed E-state index contributed by atoms with van der Waals surface area (Å²) in [6.07, 6.45) is 7.86. The number of methoxy groups -OCH3 is 1. The van der Waals surface area contributed by atoms with Gasteiger partial charge in [-0.2, -0.15) is 0 Å². The summed E-state index contributed by atoms with van der Waals surface area (Å²) in [6, 6.07) is 5.33. The van der Waals surface area contributed by atoms with Crippen molar-refractivity contribution in [3.8, 4) is 11.5 Å². The smallest absolute Gasteiger partial charge is 0.234 e. The quantitative estimate of drug-likeness (QED) is 0.579. The van der Waals surface area contributed by atoms with E-state index in [0.29, 0.717) is 31.8 Å². The van der Waals surface area contributed by atoms with Crippen LogP contribution in [0.2, 0.25) is 0 Å². The molecule has 1 aliphatic carbocycles. The van der Waals surface area contributed by atoms with E-state index in [4.69, 9.17) is 4.74 Å². The first kappa shape index (κ1) is 21.9. The SMILES string of the molecule is CCCCCNC(=O)CN1CC[C@@]2(O)CCCC[C@@H]2[C@@H]1c1ccc(O)c(OC)c1. The Bertz CT molecular complexity index is 695. The van der Waals surface area contributed by atoms with Crippen LogP contribution in [0.1, 0.15) is 69.9 Å². The first-order valence-corrected chi connectivity index (χ1v) is 11.1. The van der Waals surface area contributed by atoms with Gasteiger partial charge in [0.15, 0.2) is 11.5 Å². The molecule has 3 rings (SSSR count). The number of aromatic hydroxyl groups is 1. The lowest BCUT2D eigenvalue weighted by atomic mass is 9.66. The molecule has 2 fully saturated rings. The third-order valence-electron chi connectivity index (χ3n) is 6.67. The minimum Gasteiger partial charge on any atom is -0.504 e. The number of nitrogens with zero attached hydrogens (tertiary/aromatic N) is 1. The number of nitrogens with one attached hydrogen (secondary N) is 1. The molecule has 3 atom stereocenters. The number of piperidine rings is 1. The fraction of sp³-hybridized carbons (Fsp3) is 0.696. The molecule has 1 heterocycles.